The molecule has 1 N–H and O–H groups in total. The highest BCUT2D eigenvalue weighted by molar-refractivity contribution is 5.68. The van der Waals surface area contributed by atoms with Crippen molar-refractivity contribution >= 4 is 5.97 Å². The molecular weight excluding hydrogens is 328 g/mol. The van der Waals surface area contributed by atoms with Crippen molar-refractivity contribution in [2.24, 2.45) is 0 Å². The zero-order valence-electron chi connectivity index (χ0n) is 17.5. The van der Waals surface area contributed by atoms with Crippen LogP contribution in [0, 0.1) is 0 Å². The number of rotatable bonds is 16. The average Bonchev–Trinajstić information content (AvgIpc) is 2.86. The van der Waals surface area contributed by atoms with Crippen LogP contribution >= 0.6 is 0 Å². The van der Waals surface area contributed by atoms with Crippen LogP contribution in [-0.2, 0) is 14.6 Å². The Morgan fingerprint density at radius 2 is 1.19 bits per heavy atom. The summed E-state index contributed by atoms with van der Waals surface area (Å²) in [6.45, 7) is 6.14. The molecule has 1 fully saturated rings. The van der Waals surface area contributed by atoms with Crippen LogP contribution in [0.3, 0.4) is 0 Å². The van der Waals surface area contributed by atoms with Gasteiger partial charge in [-0.05, 0) is 20.3 Å². The quantitative estimate of drug-likeness (QED) is 0.239. The van der Waals surface area contributed by atoms with Crippen molar-refractivity contribution in [3.63, 3.8) is 0 Å². The monoisotopic (exact) mass is 370 g/mol. The fraction of sp³-hybridized carbons (Fsp3) is 0.955. The summed E-state index contributed by atoms with van der Waals surface area (Å²) < 4.78 is 0. The summed E-state index contributed by atoms with van der Waals surface area (Å²) in [7, 11) is 0. The second-order valence-electron chi connectivity index (χ2n) is 8.81. The van der Waals surface area contributed by atoms with E-state index >= 15 is 0 Å². The summed E-state index contributed by atoms with van der Waals surface area (Å²) in [6, 6.07) is 0. The summed E-state index contributed by atoms with van der Waals surface area (Å²) in [5, 5.41) is 8.97. The fourth-order valence-corrected chi connectivity index (χ4v) is 4.11. The van der Waals surface area contributed by atoms with E-state index in [1.165, 1.54) is 77.0 Å². The van der Waals surface area contributed by atoms with Gasteiger partial charge in [0.05, 0.1) is 6.42 Å². The Morgan fingerprint density at radius 1 is 0.769 bits per heavy atom. The first-order valence-corrected chi connectivity index (χ1v) is 11.0. The van der Waals surface area contributed by atoms with Crippen molar-refractivity contribution in [2.75, 3.05) is 0 Å². The second-order valence-corrected chi connectivity index (χ2v) is 8.81. The lowest BCUT2D eigenvalue weighted by atomic mass is 9.85. The first kappa shape index (κ1) is 23.4. The number of carboxylic acids is 1. The molecule has 0 bridgehead atoms. The maximum atomic E-state index is 10.9. The average molecular weight is 371 g/mol. The molecule has 0 aromatic rings. The molecule has 4 heteroatoms. The van der Waals surface area contributed by atoms with Crippen molar-refractivity contribution in [1.29, 1.82) is 0 Å². The molecule has 2 atom stereocenters. The minimum Gasteiger partial charge on any atom is -0.481 e. The summed E-state index contributed by atoms with van der Waals surface area (Å²) in [6.07, 6.45) is 19.1. The van der Waals surface area contributed by atoms with Gasteiger partial charge < -0.3 is 5.11 Å². The van der Waals surface area contributed by atoms with Gasteiger partial charge in [-0.1, -0.05) is 90.4 Å². The lowest BCUT2D eigenvalue weighted by Gasteiger charge is -2.21. The third kappa shape index (κ3) is 10.5. The minimum absolute atomic E-state index is 0.00118. The Labute approximate surface area is 161 Å². The number of carboxylic acid groups (broad SMARTS) is 1. The summed E-state index contributed by atoms with van der Waals surface area (Å²) in [5.41, 5.74) is -1.01. The summed E-state index contributed by atoms with van der Waals surface area (Å²) >= 11 is 0. The van der Waals surface area contributed by atoms with Gasteiger partial charge in [0.15, 0.2) is 0 Å². The number of unbranched alkanes of at least 4 members (excludes halogenated alkanes) is 12. The Kier molecular flexibility index (Phi) is 11.5. The molecule has 0 aliphatic carbocycles. The predicted molar refractivity (Wildman–Crippen MR) is 106 cm³/mol. The van der Waals surface area contributed by atoms with Gasteiger partial charge in [-0.2, -0.15) is 0 Å². The van der Waals surface area contributed by atoms with Gasteiger partial charge in [-0.3, -0.25) is 4.79 Å². The Bertz CT molecular complexity index is 384. The Morgan fingerprint density at radius 3 is 1.65 bits per heavy atom. The van der Waals surface area contributed by atoms with Crippen LogP contribution in [0.4, 0.5) is 0 Å². The molecule has 1 aliphatic heterocycles. The highest BCUT2D eigenvalue weighted by Crippen LogP contribution is 2.40. The van der Waals surface area contributed by atoms with Crippen LogP contribution in [0.15, 0.2) is 0 Å². The highest BCUT2D eigenvalue weighted by Gasteiger charge is 2.47. The van der Waals surface area contributed by atoms with Crippen molar-refractivity contribution in [3.8, 4) is 0 Å². The maximum Gasteiger partial charge on any atom is 0.306 e. The zero-order chi connectivity index (χ0) is 19.3. The molecule has 0 amide bonds. The lowest BCUT2D eigenvalue weighted by molar-refractivity contribution is -0.345. The van der Waals surface area contributed by atoms with E-state index in [9.17, 15) is 4.79 Å². The zero-order valence-corrected chi connectivity index (χ0v) is 17.5. The normalized spacial score (nSPS) is 25.7. The smallest absolute Gasteiger partial charge is 0.306 e. The predicted octanol–water partition coefficient (Wildman–Crippen LogP) is 6.81. The van der Waals surface area contributed by atoms with Gasteiger partial charge in [0.2, 0.25) is 0 Å². The molecule has 1 aliphatic rings. The first-order valence-electron chi connectivity index (χ1n) is 11.0. The van der Waals surface area contributed by atoms with E-state index in [1.54, 1.807) is 0 Å². The van der Waals surface area contributed by atoms with Gasteiger partial charge in [0.25, 0.3) is 0 Å². The van der Waals surface area contributed by atoms with Crippen LogP contribution in [0.25, 0.3) is 0 Å². The fourth-order valence-electron chi connectivity index (χ4n) is 4.11. The van der Waals surface area contributed by atoms with E-state index in [1.807, 2.05) is 13.8 Å². The Hall–Kier alpha value is -0.610. The van der Waals surface area contributed by atoms with Crippen molar-refractivity contribution in [2.45, 2.75) is 135 Å². The molecular formula is C22H42O4. The van der Waals surface area contributed by atoms with E-state index in [4.69, 9.17) is 14.9 Å². The molecule has 1 heterocycles. The van der Waals surface area contributed by atoms with E-state index in [0.717, 1.165) is 12.8 Å². The van der Waals surface area contributed by atoms with Gasteiger partial charge in [-0.25, -0.2) is 9.78 Å². The maximum absolute atomic E-state index is 10.9. The van der Waals surface area contributed by atoms with Crippen molar-refractivity contribution < 1.29 is 19.7 Å². The SMILES string of the molecule is CCCCCCCCCCCCCCC[C@]1(C)C[C@](C)(CC(=O)O)OO1. The third-order valence-electron chi connectivity index (χ3n) is 5.53. The molecule has 4 nitrogen and oxygen atoms in total. The molecule has 0 aromatic carbocycles. The summed E-state index contributed by atoms with van der Waals surface area (Å²) in [4.78, 5) is 21.8. The van der Waals surface area contributed by atoms with E-state index < -0.39 is 11.6 Å². The van der Waals surface area contributed by atoms with Gasteiger partial charge in [0.1, 0.15) is 11.2 Å². The van der Waals surface area contributed by atoms with Crippen LogP contribution in [-0.4, -0.2) is 22.3 Å². The summed E-state index contributed by atoms with van der Waals surface area (Å²) in [5.74, 6) is -0.832. The molecule has 0 aromatic heterocycles. The highest BCUT2D eigenvalue weighted by atomic mass is 17.2. The largest absolute Gasteiger partial charge is 0.481 e. The van der Waals surface area contributed by atoms with Gasteiger partial charge in [-0.15, -0.1) is 0 Å². The first-order chi connectivity index (χ1) is 12.4. The second kappa shape index (κ2) is 12.7. The van der Waals surface area contributed by atoms with Crippen LogP contribution in [0.1, 0.15) is 124 Å². The van der Waals surface area contributed by atoms with Gasteiger partial charge in [0, 0.05) is 6.42 Å². The van der Waals surface area contributed by atoms with Crippen molar-refractivity contribution in [3.05, 3.63) is 0 Å². The lowest BCUT2D eigenvalue weighted by Crippen LogP contribution is -2.30. The third-order valence-corrected chi connectivity index (χ3v) is 5.53. The van der Waals surface area contributed by atoms with E-state index in [-0.39, 0.29) is 12.0 Å². The topological polar surface area (TPSA) is 55.8 Å². The van der Waals surface area contributed by atoms with Crippen molar-refractivity contribution in [1.82, 2.24) is 0 Å². The van der Waals surface area contributed by atoms with Gasteiger partial charge >= 0.3 is 5.97 Å². The molecule has 0 saturated carbocycles. The number of hydrogen-bond acceptors (Lipinski definition) is 3. The van der Waals surface area contributed by atoms with Crippen LogP contribution in [0.5, 0.6) is 0 Å². The van der Waals surface area contributed by atoms with Crippen LogP contribution < -0.4 is 0 Å². The van der Waals surface area contributed by atoms with E-state index in [2.05, 4.69) is 6.92 Å². The molecule has 26 heavy (non-hydrogen) atoms. The van der Waals surface area contributed by atoms with E-state index in [0.29, 0.717) is 6.42 Å². The molecule has 0 unspecified atom stereocenters. The minimum atomic E-state index is -0.832. The molecule has 1 saturated heterocycles. The van der Waals surface area contributed by atoms with Crippen LogP contribution in [0.2, 0.25) is 0 Å². The standard InChI is InChI=1S/C22H42O4/c1-4-5-6-7-8-9-10-11-12-13-14-15-16-17-21(2)19-22(3,26-25-21)18-20(23)24/h4-19H2,1-3H3,(H,23,24)/t21-,22+/m1/s1. The molecule has 1 rings (SSSR count). The number of hydrogen-bond donors (Lipinski definition) is 1. The number of carbonyl (C=O) groups is 1. The molecule has 154 valence electrons. The number of aliphatic carboxylic acids is 1. The Balaban J connectivity index is 1.94. The molecule has 0 radical (unpaired) electrons. The molecule has 0 spiro atoms.